The summed E-state index contributed by atoms with van der Waals surface area (Å²) < 4.78 is 34.4. The lowest BCUT2D eigenvalue weighted by atomic mass is 10.1. The maximum Gasteiger partial charge on any atom is 0.387 e. The van der Waals surface area contributed by atoms with E-state index in [4.69, 9.17) is 4.74 Å². The first-order valence-electron chi connectivity index (χ1n) is 7.60. The fraction of sp³-hybridized carbons (Fsp3) is 0.375. The Balaban J connectivity index is 1.78. The Morgan fingerprint density at radius 1 is 1.46 bits per heavy atom. The van der Waals surface area contributed by atoms with Crippen molar-refractivity contribution < 1.29 is 23.0 Å². The number of nitrogens with zero attached hydrogens (tertiary/aromatic N) is 1. The monoisotopic (exact) mass is 337 g/mol. The molecule has 1 saturated heterocycles. The van der Waals surface area contributed by atoms with Crippen molar-refractivity contribution in [3.8, 4) is 17.0 Å². The van der Waals surface area contributed by atoms with Crippen molar-refractivity contribution in [2.75, 3.05) is 13.2 Å². The smallest absolute Gasteiger partial charge is 0.387 e. The zero-order valence-corrected chi connectivity index (χ0v) is 12.8. The van der Waals surface area contributed by atoms with E-state index in [2.05, 4.69) is 20.3 Å². The van der Waals surface area contributed by atoms with Crippen molar-refractivity contribution in [2.45, 2.75) is 25.5 Å². The summed E-state index contributed by atoms with van der Waals surface area (Å²) in [6, 6.07) is 6.07. The maximum absolute atomic E-state index is 12.5. The molecule has 8 heteroatoms. The first-order valence-corrected chi connectivity index (χ1v) is 7.60. The number of alkyl halides is 2. The molecule has 0 aliphatic carbocycles. The van der Waals surface area contributed by atoms with E-state index >= 15 is 0 Å². The number of H-pyrrole nitrogens is 1. The van der Waals surface area contributed by atoms with Gasteiger partial charge in [-0.2, -0.15) is 13.9 Å². The fourth-order valence-electron chi connectivity index (χ4n) is 2.62. The van der Waals surface area contributed by atoms with Gasteiger partial charge in [0.25, 0.3) is 5.91 Å². The Hall–Kier alpha value is -2.48. The number of aromatic amines is 1. The van der Waals surface area contributed by atoms with Gasteiger partial charge in [-0.15, -0.1) is 0 Å². The minimum Gasteiger partial charge on any atom is -0.435 e. The highest BCUT2D eigenvalue weighted by Crippen LogP contribution is 2.26. The zero-order chi connectivity index (χ0) is 16.9. The maximum atomic E-state index is 12.5. The molecule has 1 aliphatic rings. The molecule has 0 spiro atoms. The minimum absolute atomic E-state index is 0.0177. The van der Waals surface area contributed by atoms with Crippen molar-refractivity contribution in [1.29, 1.82) is 0 Å². The van der Waals surface area contributed by atoms with E-state index in [0.29, 0.717) is 30.0 Å². The van der Waals surface area contributed by atoms with Crippen molar-refractivity contribution >= 4 is 5.91 Å². The molecule has 1 fully saturated rings. The molecular weight excluding hydrogens is 320 g/mol. The quantitative estimate of drug-likeness (QED) is 0.879. The van der Waals surface area contributed by atoms with Gasteiger partial charge in [-0.25, -0.2) is 0 Å². The van der Waals surface area contributed by atoms with Crippen LogP contribution >= 0.6 is 0 Å². The van der Waals surface area contributed by atoms with Gasteiger partial charge in [0, 0.05) is 12.2 Å². The van der Waals surface area contributed by atoms with Crippen molar-refractivity contribution in [3.05, 3.63) is 36.0 Å². The molecule has 3 rings (SSSR count). The van der Waals surface area contributed by atoms with Crippen molar-refractivity contribution in [2.24, 2.45) is 0 Å². The molecule has 2 aromatic rings. The molecule has 0 radical (unpaired) electrons. The number of halogens is 2. The number of hydrogen-bond acceptors (Lipinski definition) is 4. The zero-order valence-electron chi connectivity index (χ0n) is 12.8. The molecule has 2 N–H and O–H groups in total. The average Bonchev–Trinajstić information content (AvgIpc) is 3.05. The molecule has 0 saturated carbocycles. The second-order valence-corrected chi connectivity index (χ2v) is 5.45. The van der Waals surface area contributed by atoms with Crippen LogP contribution < -0.4 is 10.1 Å². The van der Waals surface area contributed by atoms with E-state index in [1.54, 1.807) is 12.1 Å². The Morgan fingerprint density at radius 2 is 2.33 bits per heavy atom. The minimum atomic E-state index is -2.91. The summed E-state index contributed by atoms with van der Waals surface area (Å²) in [5.41, 5.74) is 1.33. The van der Waals surface area contributed by atoms with Gasteiger partial charge in [-0.3, -0.25) is 9.89 Å². The molecule has 1 aromatic heterocycles. The summed E-state index contributed by atoms with van der Waals surface area (Å²) in [5, 5.41) is 9.54. The number of nitrogens with one attached hydrogen (secondary N) is 2. The third-order valence-corrected chi connectivity index (χ3v) is 3.73. The summed E-state index contributed by atoms with van der Waals surface area (Å²) in [6.45, 7) is -1.72. The van der Waals surface area contributed by atoms with E-state index in [1.165, 1.54) is 18.3 Å². The number of aromatic nitrogens is 2. The number of ether oxygens (including phenoxy) is 2. The van der Waals surface area contributed by atoms with Gasteiger partial charge in [-0.1, -0.05) is 12.1 Å². The molecule has 1 aliphatic heterocycles. The highest BCUT2D eigenvalue weighted by molar-refractivity contribution is 6.00. The number of rotatable bonds is 5. The third-order valence-electron chi connectivity index (χ3n) is 3.73. The predicted molar refractivity (Wildman–Crippen MR) is 82.0 cm³/mol. The molecule has 0 bridgehead atoms. The Morgan fingerprint density at radius 3 is 3.08 bits per heavy atom. The average molecular weight is 337 g/mol. The fourth-order valence-corrected chi connectivity index (χ4v) is 2.62. The van der Waals surface area contributed by atoms with Gasteiger partial charge in [0.15, 0.2) is 0 Å². The highest BCUT2D eigenvalue weighted by atomic mass is 19.3. The number of carbonyl (C=O) groups is 1. The molecule has 24 heavy (non-hydrogen) atoms. The van der Waals surface area contributed by atoms with Crippen LogP contribution in [0.25, 0.3) is 11.3 Å². The van der Waals surface area contributed by atoms with Crippen molar-refractivity contribution in [1.82, 2.24) is 15.5 Å². The Kier molecular flexibility index (Phi) is 5.05. The summed E-state index contributed by atoms with van der Waals surface area (Å²) in [7, 11) is 0. The molecule has 128 valence electrons. The molecule has 2 heterocycles. The molecule has 1 amide bonds. The first kappa shape index (κ1) is 16.4. The van der Waals surface area contributed by atoms with E-state index in [-0.39, 0.29) is 17.7 Å². The molecule has 1 aromatic carbocycles. The third kappa shape index (κ3) is 3.88. The number of amides is 1. The van der Waals surface area contributed by atoms with Crippen LogP contribution in [0.1, 0.15) is 23.2 Å². The van der Waals surface area contributed by atoms with Crippen LogP contribution in [0.4, 0.5) is 8.78 Å². The topological polar surface area (TPSA) is 76.2 Å². The van der Waals surface area contributed by atoms with Gasteiger partial charge in [0.2, 0.25) is 0 Å². The SMILES string of the molecule is O=C(N[C@H]1CCCOC1)c1cn[nH]c1-c1cccc(OC(F)F)c1. The summed E-state index contributed by atoms with van der Waals surface area (Å²) in [5.74, 6) is -0.265. The molecule has 6 nitrogen and oxygen atoms in total. The lowest BCUT2D eigenvalue weighted by Crippen LogP contribution is -2.40. The second kappa shape index (κ2) is 7.39. The van der Waals surface area contributed by atoms with Gasteiger partial charge < -0.3 is 14.8 Å². The highest BCUT2D eigenvalue weighted by Gasteiger charge is 2.21. The van der Waals surface area contributed by atoms with Gasteiger partial charge in [0.1, 0.15) is 5.75 Å². The van der Waals surface area contributed by atoms with Crippen LogP contribution in [0.15, 0.2) is 30.5 Å². The Bertz CT molecular complexity index is 699. The van der Waals surface area contributed by atoms with Crippen LogP contribution in [-0.4, -0.2) is 42.0 Å². The lowest BCUT2D eigenvalue weighted by molar-refractivity contribution is -0.0498. The summed E-state index contributed by atoms with van der Waals surface area (Å²) in [6.07, 6.45) is 3.17. The van der Waals surface area contributed by atoms with Gasteiger partial charge >= 0.3 is 6.61 Å². The predicted octanol–water partition coefficient (Wildman–Crippen LogP) is 2.59. The molecule has 0 unspecified atom stereocenters. The van der Waals surface area contributed by atoms with E-state index in [1.807, 2.05) is 0 Å². The standard InChI is InChI=1S/C16H17F2N3O3/c17-16(18)24-12-5-1-3-10(7-12)14-13(8-19-21-14)15(22)20-11-4-2-6-23-9-11/h1,3,5,7-8,11,16H,2,4,6,9H2,(H,19,21)(H,20,22)/t11-/m0/s1. The van der Waals surface area contributed by atoms with Gasteiger partial charge in [-0.05, 0) is 25.0 Å². The number of benzene rings is 1. The van der Waals surface area contributed by atoms with E-state index < -0.39 is 6.61 Å². The van der Waals surface area contributed by atoms with E-state index in [9.17, 15) is 13.6 Å². The van der Waals surface area contributed by atoms with Crippen LogP contribution in [0.3, 0.4) is 0 Å². The van der Waals surface area contributed by atoms with Crippen molar-refractivity contribution in [3.63, 3.8) is 0 Å². The van der Waals surface area contributed by atoms with Crippen LogP contribution in [0.5, 0.6) is 5.75 Å². The second-order valence-electron chi connectivity index (χ2n) is 5.45. The largest absolute Gasteiger partial charge is 0.435 e. The lowest BCUT2D eigenvalue weighted by Gasteiger charge is -2.23. The van der Waals surface area contributed by atoms with E-state index in [0.717, 1.165) is 12.8 Å². The normalized spacial score (nSPS) is 17.7. The van der Waals surface area contributed by atoms with Crippen LogP contribution in [-0.2, 0) is 4.74 Å². The van der Waals surface area contributed by atoms with Crippen LogP contribution in [0, 0.1) is 0 Å². The number of hydrogen-bond donors (Lipinski definition) is 2. The van der Waals surface area contributed by atoms with Gasteiger partial charge in [0.05, 0.1) is 30.1 Å². The summed E-state index contributed by atoms with van der Waals surface area (Å²) in [4.78, 5) is 12.5. The number of carbonyl (C=O) groups excluding carboxylic acids is 1. The molecule has 1 atom stereocenters. The first-order chi connectivity index (χ1) is 11.6. The van der Waals surface area contributed by atoms with Crippen LogP contribution in [0.2, 0.25) is 0 Å². The Labute approximate surface area is 137 Å². The summed E-state index contributed by atoms with van der Waals surface area (Å²) >= 11 is 0. The molecular formula is C16H17F2N3O3.